The Morgan fingerprint density at radius 3 is 2.25 bits per heavy atom. The zero-order valence-electron chi connectivity index (χ0n) is 17.9. The van der Waals surface area contributed by atoms with Gasteiger partial charge in [0.05, 0.1) is 25.2 Å². The van der Waals surface area contributed by atoms with Crippen molar-refractivity contribution < 1.29 is 34.0 Å². The van der Waals surface area contributed by atoms with Crippen LogP contribution in [0, 0.1) is 5.21 Å². The number of carbonyl (C=O) groups excluding carboxylic acids is 2. The topological polar surface area (TPSA) is 124 Å². The van der Waals surface area contributed by atoms with E-state index in [2.05, 4.69) is 10.1 Å². The normalized spacial score (nSPS) is 11.6. The van der Waals surface area contributed by atoms with Crippen molar-refractivity contribution >= 4 is 23.4 Å². The van der Waals surface area contributed by atoms with Crippen LogP contribution in [-0.4, -0.2) is 59.4 Å². The minimum Gasteiger partial charge on any atom is -0.569 e. The molecule has 32 heavy (non-hydrogen) atoms. The van der Waals surface area contributed by atoms with Gasteiger partial charge in [-0.3, -0.25) is 4.79 Å². The molecular weight excluding hydrogens is 442 g/mol. The Balaban J connectivity index is 1.90. The smallest absolute Gasteiger partial charge is 0.352 e. The quantitative estimate of drug-likeness (QED) is 0.102. The van der Waals surface area contributed by atoms with Crippen molar-refractivity contribution in [2.75, 3.05) is 27.0 Å². The molecule has 2 aromatic rings. The lowest BCUT2D eigenvalue weighted by atomic mass is 10.0. The lowest BCUT2D eigenvalue weighted by Crippen LogP contribution is -2.40. The number of ketones is 1. The second kappa shape index (κ2) is 11.3. The summed E-state index contributed by atoms with van der Waals surface area (Å²) < 4.78 is 10.6. The second-order valence-corrected chi connectivity index (χ2v) is 7.53. The monoisotopic (exact) mass is 465 g/mol. The molecule has 10 nitrogen and oxygen atoms in total. The summed E-state index contributed by atoms with van der Waals surface area (Å²) in [4.78, 5) is 29.5. The van der Waals surface area contributed by atoms with E-state index in [1.807, 2.05) is 0 Å². The van der Waals surface area contributed by atoms with Crippen LogP contribution in [0.15, 0.2) is 53.8 Å². The summed E-state index contributed by atoms with van der Waals surface area (Å²) in [5.74, 6) is -0.582. The van der Waals surface area contributed by atoms with Crippen LogP contribution < -0.4 is 4.74 Å². The van der Waals surface area contributed by atoms with Gasteiger partial charge in [0.25, 0.3) is 6.79 Å². The van der Waals surface area contributed by atoms with E-state index in [0.29, 0.717) is 21.9 Å². The number of hydrogen-bond donors (Lipinski definition) is 1. The number of aliphatic hydroxyl groups is 1. The molecule has 0 amide bonds. The largest absolute Gasteiger partial charge is 0.569 e. The third-order valence-electron chi connectivity index (χ3n) is 4.17. The Kier molecular flexibility index (Phi) is 8.80. The minimum absolute atomic E-state index is 0.0567. The van der Waals surface area contributed by atoms with Crippen LogP contribution in [-0.2, 0) is 14.4 Å². The van der Waals surface area contributed by atoms with Crippen molar-refractivity contribution in [1.82, 2.24) is 5.01 Å². The summed E-state index contributed by atoms with van der Waals surface area (Å²) in [7, 11) is 1.40. The molecule has 0 aliphatic heterocycles. The van der Waals surface area contributed by atoms with E-state index in [1.54, 1.807) is 48.5 Å². The van der Waals surface area contributed by atoms with Gasteiger partial charge in [-0.05, 0) is 62.4 Å². The second-order valence-electron chi connectivity index (χ2n) is 7.09. The average Bonchev–Trinajstić information content (AvgIpc) is 2.76. The van der Waals surface area contributed by atoms with E-state index in [1.165, 1.54) is 20.9 Å². The number of hydrogen-bond acceptors (Lipinski definition) is 8. The van der Waals surface area contributed by atoms with Crippen molar-refractivity contribution in [1.29, 1.82) is 0 Å². The van der Waals surface area contributed by atoms with Crippen LogP contribution in [0.2, 0.25) is 5.02 Å². The number of esters is 1. The van der Waals surface area contributed by atoms with Gasteiger partial charge >= 0.3 is 5.97 Å². The van der Waals surface area contributed by atoms with Gasteiger partial charge in [0.2, 0.25) is 5.28 Å². The first-order chi connectivity index (χ1) is 15.1. The predicted octanol–water partition coefficient (Wildman–Crippen LogP) is 2.96. The Morgan fingerprint density at radius 2 is 1.69 bits per heavy atom. The highest BCUT2D eigenvalue weighted by Crippen LogP contribution is 2.22. The van der Waals surface area contributed by atoms with Crippen LogP contribution in [0.3, 0.4) is 0 Å². The zero-order chi connectivity index (χ0) is 23.7. The molecule has 0 saturated heterocycles. The number of aliphatic hydroxyl groups excluding tert-OH is 1. The molecule has 0 bridgehead atoms. The molecular formula is C21H24ClN3O7. The van der Waals surface area contributed by atoms with Gasteiger partial charge < -0.3 is 24.6 Å². The van der Waals surface area contributed by atoms with E-state index in [-0.39, 0.29) is 23.9 Å². The van der Waals surface area contributed by atoms with Gasteiger partial charge in [-0.2, -0.15) is 0 Å². The molecule has 0 aliphatic rings. The number of halogens is 1. The van der Waals surface area contributed by atoms with E-state index < -0.39 is 18.4 Å². The Hall–Kier alpha value is -3.37. The maximum absolute atomic E-state index is 12.5. The highest BCUT2D eigenvalue weighted by molar-refractivity contribution is 6.30. The van der Waals surface area contributed by atoms with Gasteiger partial charge in [0, 0.05) is 16.1 Å². The SMILES string of the molecule is CN(CCO)/[N+]([O-])=N\OCOC(=O)C(C)(C)Oc1ccc(C(=O)c2ccc(Cl)cc2)cc1. The molecule has 0 saturated carbocycles. The van der Waals surface area contributed by atoms with Crippen molar-refractivity contribution in [2.45, 2.75) is 19.4 Å². The molecule has 0 aliphatic carbocycles. The summed E-state index contributed by atoms with van der Waals surface area (Å²) in [5, 5.41) is 25.0. The molecule has 1 N–H and O–H groups in total. The first-order valence-corrected chi connectivity index (χ1v) is 9.90. The fourth-order valence-electron chi connectivity index (χ4n) is 2.40. The number of hydrazine groups is 1. The number of likely N-dealkylation sites (N-methyl/N-ethyl adjacent to an activating group) is 1. The molecule has 0 atom stereocenters. The Morgan fingerprint density at radius 1 is 1.12 bits per heavy atom. The van der Waals surface area contributed by atoms with Gasteiger partial charge in [0.15, 0.2) is 11.4 Å². The van der Waals surface area contributed by atoms with Crippen LogP contribution in [0.25, 0.3) is 0 Å². The summed E-state index contributed by atoms with van der Waals surface area (Å²) >= 11 is 5.84. The summed E-state index contributed by atoms with van der Waals surface area (Å²) in [5.41, 5.74) is -0.435. The molecule has 0 fully saturated rings. The standard InChI is InChI=1S/C21H24ClN3O7/c1-21(2,20(28)30-14-31-23-25(29)24(3)12-13-26)32-18-10-6-16(7-11-18)19(27)15-4-8-17(22)9-5-15/h4-11,26H,12-14H2,1-3H3/b25-23+. The van der Waals surface area contributed by atoms with Crippen LogP contribution in [0.5, 0.6) is 5.75 Å². The number of rotatable bonds is 11. The molecule has 0 heterocycles. The van der Waals surface area contributed by atoms with Crippen molar-refractivity contribution in [3.8, 4) is 5.75 Å². The molecule has 0 radical (unpaired) electrons. The zero-order valence-corrected chi connectivity index (χ0v) is 18.6. The molecule has 0 unspecified atom stereocenters. The van der Waals surface area contributed by atoms with Gasteiger partial charge in [-0.15, -0.1) is 5.01 Å². The fourth-order valence-corrected chi connectivity index (χ4v) is 2.52. The van der Waals surface area contributed by atoms with Gasteiger partial charge in [-0.25, -0.2) is 4.79 Å². The third-order valence-corrected chi connectivity index (χ3v) is 4.43. The molecule has 2 aromatic carbocycles. The summed E-state index contributed by atoms with van der Waals surface area (Å²) in [6.07, 6.45) is 0. The lowest BCUT2D eigenvalue weighted by molar-refractivity contribution is -0.706. The van der Waals surface area contributed by atoms with E-state index in [4.69, 9.17) is 26.2 Å². The first kappa shape index (κ1) is 24.9. The Labute approximate surface area is 190 Å². The number of benzene rings is 2. The van der Waals surface area contributed by atoms with Crippen LogP contribution in [0.4, 0.5) is 0 Å². The molecule has 172 valence electrons. The third kappa shape index (κ3) is 7.10. The average molecular weight is 466 g/mol. The van der Waals surface area contributed by atoms with Crippen LogP contribution >= 0.6 is 11.6 Å². The van der Waals surface area contributed by atoms with Crippen molar-refractivity contribution in [3.05, 3.63) is 69.9 Å². The number of nitrogens with zero attached hydrogens (tertiary/aromatic N) is 3. The highest BCUT2D eigenvalue weighted by Gasteiger charge is 2.32. The highest BCUT2D eigenvalue weighted by atomic mass is 35.5. The van der Waals surface area contributed by atoms with Crippen LogP contribution in [0.1, 0.15) is 29.8 Å². The molecule has 0 spiro atoms. The minimum atomic E-state index is -1.38. The summed E-state index contributed by atoms with van der Waals surface area (Å²) in [6, 6.07) is 12.9. The van der Waals surface area contributed by atoms with E-state index in [0.717, 1.165) is 5.01 Å². The van der Waals surface area contributed by atoms with Gasteiger partial charge in [-0.1, -0.05) is 11.6 Å². The first-order valence-electron chi connectivity index (χ1n) is 9.52. The fraction of sp³-hybridized carbons (Fsp3) is 0.333. The van der Waals surface area contributed by atoms with E-state index in [9.17, 15) is 14.8 Å². The molecule has 2 rings (SSSR count). The van der Waals surface area contributed by atoms with Gasteiger partial charge in [0.1, 0.15) is 5.75 Å². The maximum atomic E-state index is 12.5. The van der Waals surface area contributed by atoms with E-state index >= 15 is 0 Å². The maximum Gasteiger partial charge on any atom is 0.352 e. The van der Waals surface area contributed by atoms with Crippen molar-refractivity contribution in [2.24, 2.45) is 5.28 Å². The predicted molar refractivity (Wildman–Crippen MR) is 114 cm³/mol. The molecule has 11 heteroatoms. The number of carbonyl (C=O) groups is 2. The molecule has 0 aromatic heterocycles. The summed E-state index contributed by atoms with van der Waals surface area (Å²) in [6.45, 7) is 2.21. The Bertz CT molecular complexity index is 947. The van der Waals surface area contributed by atoms with Crippen molar-refractivity contribution in [3.63, 3.8) is 0 Å². The number of ether oxygens (including phenoxy) is 2. The lowest BCUT2D eigenvalue weighted by Gasteiger charge is -2.23.